The van der Waals surface area contributed by atoms with Crippen LogP contribution in [0.1, 0.15) is 29.6 Å². The molecule has 2 aliphatic heterocycles. The third-order valence-electron chi connectivity index (χ3n) is 5.80. The zero-order valence-corrected chi connectivity index (χ0v) is 17.1. The van der Waals surface area contributed by atoms with Gasteiger partial charge < -0.3 is 24.4 Å². The molecule has 6 nitrogen and oxygen atoms in total. The first kappa shape index (κ1) is 20.5. The largest absolute Gasteiger partial charge is 0.493 e. The van der Waals surface area contributed by atoms with Crippen molar-refractivity contribution in [2.45, 2.75) is 31.5 Å². The summed E-state index contributed by atoms with van der Waals surface area (Å²) in [6, 6.07) is 11.7. The Bertz CT molecular complexity index is 883. The predicted octanol–water partition coefficient (Wildman–Crippen LogP) is 3.09. The van der Waals surface area contributed by atoms with E-state index in [9.17, 15) is 14.3 Å². The lowest BCUT2D eigenvalue weighted by atomic mass is 10.0. The van der Waals surface area contributed by atoms with E-state index < -0.39 is 18.0 Å². The highest BCUT2D eigenvalue weighted by Crippen LogP contribution is 2.30. The number of β-amino-alcohol motifs (C(OH)–C–C–N with tert-alkyl or cyclic N) is 1. The molecule has 0 spiro atoms. The Balaban J connectivity index is 1.37. The topological polar surface area (TPSA) is 62.2 Å². The average Bonchev–Trinajstić information content (AvgIpc) is 3.31. The van der Waals surface area contributed by atoms with E-state index in [1.54, 1.807) is 4.90 Å². The lowest BCUT2D eigenvalue weighted by Gasteiger charge is -2.36. The maximum Gasteiger partial charge on any atom is 0.253 e. The van der Waals surface area contributed by atoms with E-state index in [2.05, 4.69) is 4.90 Å². The summed E-state index contributed by atoms with van der Waals surface area (Å²) in [6.07, 6.45) is 1.55. The smallest absolute Gasteiger partial charge is 0.253 e. The van der Waals surface area contributed by atoms with Gasteiger partial charge in [0.05, 0.1) is 13.7 Å². The van der Waals surface area contributed by atoms with Crippen molar-refractivity contribution in [3.63, 3.8) is 0 Å². The minimum atomic E-state index is -0.846. The predicted molar refractivity (Wildman–Crippen MR) is 112 cm³/mol. The van der Waals surface area contributed by atoms with E-state index in [-0.39, 0.29) is 18.2 Å². The number of methoxy groups -OCH3 is 1. The van der Waals surface area contributed by atoms with Gasteiger partial charge in [-0.15, -0.1) is 0 Å². The van der Waals surface area contributed by atoms with Crippen molar-refractivity contribution >= 4 is 11.6 Å². The first-order valence-corrected chi connectivity index (χ1v) is 10.4. The molecule has 7 heteroatoms. The van der Waals surface area contributed by atoms with E-state index in [0.29, 0.717) is 24.3 Å². The number of hydrogen-bond acceptors (Lipinski definition) is 5. The molecule has 0 saturated carbocycles. The van der Waals surface area contributed by atoms with Crippen LogP contribution in [0.15, 0.2) is 42.5 Å². The Morgan fingerprint density at radius 1 is 1.07 bits per heavy atom. The van der Waals surface area contributed by atoms with Crippen LogP contribution in [0.2, 0.25) is 0 Å². The van der Waals surface area contributed by atoms with Gasteiger partial charge in [-0.2, -0.15) is 0 Å². The third-order valence-corrected chi connectivity index (χ3v) is 5.80. The molecule has 0 aromatic heterocycles. The summed E-state index contributed by atoms with van der Waals surface area (Å²) in [6.45, 7) is 2.77. The first-order chi connectivity index (χ1) is 14.5. The SMILES string of the molecule is COc1cc(F)ccc1O[C@@H]1CCN(C(=O)c2ccc(N3CCCC3)cc2)C[C@H]1O. The summed E-state index contributed by atoms with van der Waals surface area (Å²) in [7, 11) is 1.44. The molecule has 0 radical (unpaired) electrons. The highest BCUT2D eigenvalue weighted by Gasteiger charge is 2.32. The van der Waals surface area contributed by atoms with E-state index in [1.807, 2.05) is 24.3 Å². The number of piperidine rings is 1. The first-order valence-electron chi connectivity index (χ1n) is 10.4. The number of aliphatic hydroxyl groups is 1. The Morgan fingerprint density at radius 3 is 2.47 bits per heavy atom. The fraction of sp³-hybridized carbons (Fsp3) is 0.435. The van der Waals surface area contributed by atoms with Crippen molar-refractivity contribution in [3.05, 3.63) is 53.8 Å². The van der Waals surface area contributed by atoms with Crippen molar-refractivity contribution in [1.29, 1.82) is 0 Å². The number of amides is 1. The highest BCUT2D eigenvalue weighted by molar-refractivity contribution is 5.94. The molecule has 0 bridgehead atoms. The second-order valence-electron chi connectivity index (χ2n) is 7.80. The minimum absolute atomic E-state index is 0.0974. The minimum Gasteiger partial charge on any atom is -0.493 e. The molecule has 1 N–H and O–H groups in total. The Hall–Kier alpha value is -2.80. The van der Waals surface area contributed by atoms with Gasteiger partial charge in [-0.05, 0) is 49.2 Å². The summed E-state index contributed by atoms with van der Waals surface area (Å²) < 4.78 is 24.4. The number of likely N-dealkylation sites (tertiary alicyclic amines) is 1. The van der Waals surface area contributed by atoms with Gasteiger partial charge >= 0.3 is 0 Å². The molecular weight excluding hydrogens is 387 g/mol. The quantitative estimate of drug-likeness (QED) is 0.815. The monoisotopic (exact) mass is 414 g/mol. The van der Waals surface area contributed by atoms with Crippen molar-refractivity contribution in [2.75, 3.05) is 38.2 Å². The Morgan fingerprint density at radius 2 is 1.80 bits per heavy atom. The van der Waals surface area contributed by atoms with Crippen LogP contribution in [-0.2, 0) is 0 Å². The van der Waals surface area contributed by atoms with Crippen molar-refractivity contribution in [1.82, 2.24) is 4.90 Å². The van der Waals surface area contributed by atoms with Crippen molar-refractivity contribution < 1.29 is 23.8 Å². The van der Waals surface area contributed by atoms with Gasteiger partial charge in [0.25, 0.3) is 5.91 Å². The standard InChI is InChI=1S/C23H27FN2O4/c1-29-22-14-17(24)6-9-21(22)30-20-10-13-26(15-19(20)27)23(28)16-4-7-18(8-5-16)25-11-2-3-12-25/h4-9,14,19-20,27H,2-3,10-13,15H2,1H3/t19-,20-/m1/s1. The lowest BCUT2D eigenvalue weighted by Crippen LogP contribution is -2.51. The molecule has 2 fully saturated rings. The summed E-state index contributed by atoms with van der Waals surface area (Å²) in [5.41, 5.74) is 1.76. The normalized spacial score (nSPS) is 21.6. The van der Waals surface area contributed by atoms with Gasteiger partial charge in [-0.25, -0.2) is 4.39 Å². The summed E-state index contributed by atoms with van der Waals surface area (Å²) >= 11 is 0. The van der Waals surface area contributed by atoms with Crippen LogP contribution in [-0.4, -0.2) is 61.4 Å². The molecule has 2 aliphatic rings. The van der Waals surface area contributed by atoms with Crippen LogP contribution >= 0.6 is 0 Å². The maximum absolute atomic E-state index is 13.4. The Kier molecular flexibility index (Phi) is 6.08. The average molecular weight is 414 g/mol. The van der Waals surface area contributed by atoms with Crippen LogP contribution in [0.25, 0.3) is 0 Å². The number of carbonyl (C=O) groups is 1. The zero-order valence-electron chi connectivity index (χ0n) is 17.1. The van der Waals surface area contributed by atoms with Gasteiger partial charge in [0.15, 0.2) is 11.5 Å². The number of halogens is 1. The summed E-state index contributed by atoms with van der Waals surface area (Å²) in [4.78, 5) is 16.9. The van der Waals surface area contributed by atoms with E-state index in [1.165, 1.54) is 38.2 Å². The van der Waals surface area contributed by atoms with E-state index in [0.717, 1.165) is 18.8 Å². The van der Waals surface area contributed by atoms with Crippen molar-refractivity contribution in [3.8, 4) is 11.5 Å². The third kappa shape index (κ3) is 4.36. The fourth-order valence-electron chi connectivity index (χ4n) is 4.11. The number of benzene rings is 2. The second kappa shape index (κ2) is 8.92. The van der Waals surface area contributed by atoms with E-state index >= 15 is 0 Å². The van der Waals surface area contributed by atoms with Gasteiger partial charge in [0.1, 0.15) is 18.0 Å². The van der Waals surface area contributed by atoms with Crippen LogP contribution in [0.5, 0.6) is 11.5 Å². The van der Waals surface area contributed by atoms with Gasteiger partial charge in [-0.1, -0.05) is 0 Å². The summed E-state index contributed by atoms with van der Waals surface area (Å²) in [5, 5.41) is 10.6. The molecule has 2 heterocycles. The molecule has 0 unspecified atom stereocenters. The lowest BCUT2D eigenvalue weighted by molar-refractivity contribution is -0.0207. The van der Waals surface area contributed by atoms with Crippen LogP contribution in [0, 0.1) is 5.82 Å². The molecule has 2 saturated heterocycles. The van der Waals surface area contributed by atoms with Crippen LogP contribution < -0.4 is 14.4 Å². The molecule has 0 aliphatic carbocycles. The van der Waals surface area contributed by atoms with Crippen molar-refractivity contribution in [2.24, 2.45) is 0 Å². The molecular formula is C23H27FN2O4. The number of rotatable bonds is 5. The summed E-state index contributed by atoms with van der Waals surface area (Å²) in [5.74, 6) is 0.134. The number of aliphatic hydroxyl groups excluding tert-OH is 1. The van der Waals surface area contributed by atoms with E-state index in [4.69, 9.17) is 9.47 Å². The van der Waals surface area contributed by atoms with Gasteiger partial charge in [-0.3, -0.25) is 4.79 Å². The number of hydrogen-bond donors (Lipinski definition) is 1. The number of carbonyl (C=O) groups excluding carboxylic acids is 1. The molecule has 2 atom stereocenters. The number of ether oxygens (including phenoxy) is 2. The molecule has 2 aromatic rings. The molecule has 160 valence electrons. The maximum atomic E-state index is 13.4. The fourth-order valence-corrected chi connectivity index (χ4v) is 4.11. The molecule has 4 rings (SSSR count). The highest BCUT2D eigenvalue weighted by atomic mass is 19.1. The number of anilines is 1. The molecule has 2 aromatic carbocycles. The molecule has 30 heavy (non-hydrogen) atoms. The van der Waals surface area contributed by atoms with Gasteiger partial charge in [0, 0.05) is 43.4 Å². The van der Waals surface area contributed by atoms with Gasteiger partial charge in [0.2, 0.25) is 0 Å². The Labute approximate surface area is 175 Å². The van der Waals surface area contributed by atoms with Crippen LogP contribution in [0.4, 0.5) is 10.1 Å². The number of nitrogens with zero attached hydrogens (tertiary/aromatic N) is 2. The second-order valence-corrected chi connectivity index (χ2v) is 7.80. The molecule has 1 amide bonds. The van der Waals surface area contributed by atoms with Crippen LogP contribution in [0.3, 0.4) is 0 Å². The zero-order chi connectivity index (χ0) is 21.1.